The van der Waals surface area contributed by atoms with Crippen molar-refractivity contribution in [3.8, 4) is 5.75 Å². The first-order chi connectivity index (χ1) is 16.4. The average Bonchev–Trinajstić information content (AvgIpc) is 3.22. The molecule has 7 nitrogen and oxygen atoms in total. The number of carbonyl (C=O) groups excluding carboxylic acids is 1. The molecular weight excluding hydrogens is 477 g/mol. The van der Waals surface area contributed by atoms with Crippen LogP contribution in [0, 0.1) is 4.91 Å². The Hall–Kier alpha value is -3.55. The number of rotatable bonds is 4. The van der Waals surface area contributed by atoms with Crippen molar-refractivity contribution in [1.82, 2.24) is 9.88 Å². The van der Waals surface area contributed by atoms with E-state index in [2.05, 4.69) is 4.98 Å². The molecule has 172 valence electrons. The molecule has 1 aliphatic rings. The zero-order chi connectivity index (χ0) is 23.8. The summed E-state index contributed by atoms with van der Waals surface area (Å²) in [4.78, 5) is 35.4. The van der Waals surface area contributed by atoms with Gasteiger partial charge < -0.3 is 9.72 Å². The number of benzene rings is 3. The van der Waals surface area contributed by atoms with Gasteiger partial charge in [-0.25, -0.2) is 9.63 Å². The molecule has 1 aliphatic heterocycles. The van der Waals surface area contributed by atoms with E-state index in [1.54, 1.807) is 53.4 Å². The van der Waals surface area contributed by atoms with Crippen LogP contribution in [0.25, 0.3) is 10.9 Å². The SMILES string of the molecule is CO[N+](=O)c1ccc(C2c3[nH]c4ccc(Cl)cc4c3CCN2C(=O)Oc2ccc(Cl)cc2)cc1. The largest absolute Gasteiger partial charge is 0.416 e. The van der Waals surface area contributed by atoms with Crippen molar-refractivity contribution in [2.75, 3.05) is 13.7 Å². The maximum absolute atomic E-state index is 13.3. The van der Waals surface area contributed by atoms with E-state index < -0.39 is 12.1 Å². The fourth-order valence-electron chi connectivity index (χ4n) is 4.35. The highest BCUT2D eigenvalue weighted by Gasteiger charge is 2.36. The number of aromatic nitrogens is 1. The third kappa shape index (κ3) is 4.08. The summed E-state index contributed by atoms with van der Waals surface area (Å²) in [6.07, 6.45) is 0.152. The summed E-state index contributed by atoms with van der Waals surface area (Å²) in [5, 5.41) is 2.23. The summed E-state index contributed by atoms with van der Waals surface area (Å²) >= 11 is 12.2. The lowest BCUT2D eigenvalue weighted by molar-refractivity contribution is -0.736. The third-order valence-corrected chi connectivity index (χ3v) is 6.41. The molecule has 1 amide bonds. The molecule has 2 heterocycles. The second-order valence-corrected chi connectivity index (χ2v) is 8.78. The van der Waals surface area contributed by atoms with Crippen LogP contribution in [0.1, 0.15) is 22.9 Å². The van der Waals surface area contributed by atoms with Crippen molar-refractivity contribution in [3.63, 3.8) is 0 Å². The van der Waals surface area contributed by atoms with E-state index in [1.165, 1.54) is 7.11 Å². The smallest absolute Gasteiger partial charge is 0.410 e. The summed E-state index contributed by atoms with van der Waals surface area (Å²) in [5.41, 5.74) is 4.09. The lowest BCUT2D eigenvalue weighted by atomic mass is 9.92. The highest BCUT2D eigenvalue weighted by atomic mass is 35.5. The molecule has 1 N–H and O–H groups in total. The first-order valence-electron chi connectivity index (χ1n) is 10.6. The van der Waals surface area contributed by atoms with Crippen LogP contribution >= 0.6 is 23.2 Å². The molecule has 0 bridgehead atoms. The normalized spacial score (nSPS) is 15.1. The van der Waals surface area contributed by atoms with Gasteiger partial charge in [-0.15, -0.1) is 0 Å². The molecular formula is C25H20Cl2N3O4+. The minimum absolute atomic E-state index is 0.348. The lowest BCUT2D eigenvalue weighted by Gasteiger charge is -2.35. The first kappa shape index (κ1) is 22.3. The number of hydrogen-bond acceptors (Lipinski definition) is 4. The van der Waals surface area contributed by atoms with Crippen LogP contribution in [0.3, 0.4) is 0 Å². The van der Waals surface area contributed by atoms with Gasteiger partial charge in [0.15, 0.2) is 7.11 Å². The molecule has 0 saturated heterocycles. The molecule has 1 unspecified atom stereocenters. The maximum Gasteiger partial charge on any atom is 0.416 e. The summed E-state index contributed by atoms with van der Waals surface area (Å²) < 4.78 is 5.66. The quantitative estimate of drug-likeness (QED) is 0.323. The number of amides is 1. The van der Waals surface area contributed by atoms with Gasteiger partial charge in [0.05, 0.1) is 4.91 Å². The zero-order valence-electron chi connectivity index (χ0n) is 18.1. The van der Waals surface area contributed by atoms with Gasteiger partial charge in [-0.3, -0.25) is 4.90 Å². The van der Waals surface area contributed by atoms with Gasteiger partial charge in [0.1, 0.15) is 11.8 Å². The van der Waals surface area contributed by atoms with Gasteiger partial charge in [-0.2, -0.15) is 0 Å². The summed E-state index contributed by atoms with van der Waals surface area (Å²) in [6, 6.07) is 18.8. The van der Waals surface area contributed by atoms with Crippen molar-refractivity contribution in [1.29, 1.82) is 0 Å². The third-order valence-electron chi connectivity index (χ3n) is 5.93. The van der Waals surface area contributed by atoms with Gasteiger partial charge >= 0.3 is 11.8 Å². The van der Waals surface area contributed by atoms with E-state index in [0.29, 0.717) is 39.4 Å². The van der Waals surface area contributed by atoms with E-state index in [0.717, 1.165) is 27.7 Å². The van der Waals surface area contributed by atoms with Gasteiger partial charge in [-0.05, 0) is 72.1 Å². The summed E-state index contributed by atoms with van der Waals surface area (Å²) in [6.45, 7) is 0.442. The molecule has 34 heavy (non-hydrogen) atoms. The number of nitrogens with zero attached hydrogens (tertiary/aromatic N) is 2. The Balaban J connectivity index is 1.57. The number of aromatic amines is 1. The Kier molecular flexibility index (Phi) is 5.89. The topological polar surface area (TPSA) is 74.6 Å². The van der Waals surface area contributed by atoms with E-state index in [4.69, 9.17) is 32.8 Å². The predicted molar refractivity (Wildman–Crippen MR) is 130 cm³/mol. The minimum atomic E-state index is -0.485. The standard InChI is InChI=1S/C25H20Cl2N3O4/c1-33-30(32)18-7-2-15(3-8-18)24-23-20(21-14-17(27)6-11-22(21)28-23)12-13-29(24)25(31)34-19-9-4-16(26)5-10-19/h2-11,14,24,28H,12-13H2,1H3/q+1. The monoisotopic (exact) mass is 496 g/mol. The van der Waals surface area contributed by atoms with Gasteiger partial charge in [0.2, 0.25) is 0 Å². The molecule has 0 fully saturated rings. The van der Waals surface area contributed by atoms with Crippen LogP contribution in [-0.4, -0.2) is 34.6 Å². The molecule has 1 aromatic heterocycles. The zero-order valence-corrected chi connectivity index (χ0v) is 19.6. The fraction of sp³-hybridized carbons (Fsp3) is 0.160. The number of carbonyl (C=O) groups is 1. The van der Waals surface area contributed by atoms with Crippen LogP contribution in [0.5, 0.6) is 5.75 Å². The minimum Gasteiger partial charge on any atom is -0.410 e. The average molecular weight is 497 g/mol. The van der Waals surface area contributed by atoms with E-state index in [1.807, 2.05) is 18.2 Å². The van der Waals surface area contributed by atoms with Crippen molar-refractivity contribution < 1.29 is 19.3 Å². The van der Waals surface area contributed by atoms with Crippen molar-refractivity contribution in [2.24, 2.45) is 0 Å². The number of halogens is 2. The van der Waals surface area contributed by atoms with Crippen LogP contribution in [0.4, 0.5) is 10.5 Å². The molecule has 3 aromatic carbocycles. The highest BCUT2D eigenvalue weighted by Crippen LogP contribution is 2.40. The van der Waals surface area contributed by atoms with Crippen LogP contribution in [0.2, 0.25) is 10.0 Å². The molecule has 5 rings (SSSR count). The number of nitrogens with one attached hydrogen (secondary N) is 1. The van der Waals surface area contributed by atoms with Gasteiger partial charge in [-0.1, -0.05) is 23.2 Å². The van der Waals surface area contributed by atoms with Crippen LogP contribution in [0.15, 0.2) is 66.7 Å². The Morgan fingerprint density at radius 1 is 1.03 bits per heavy atom. The molecule has 0 saturated carbocycles. The van der Waals surface area contributed by atoms with E-state index in [9.17, 15) is 9.70 Å². The van der Waals surface area contributed by atoms with Crippen molar-refractivity contribution >= 4 is 45.9 Å². The summed E-state index contributed by atoms with van der Waals surface area (Å²) in [5.74, 6) is 0.403. The van der Waals surface area contributed by atoms with Crippen molar-refractivity contribution in [2.45, 2.75) is 12.5 Å². The number of fused-ring (bicyclic) bond motifs is 3. The van der Waals surface area contributed by atoms with Gasteiger partial charge in [0, 0.05) is 45.3 Å². The van der Waals surface area contributed by atoms with Crippen molar-refractivity contribution in [3.05, 3.63) is 98.5 Å². The first-order valence-corrected chi connectivity index (χ1v) is 11.4. The molecule has 0 radical (unpaired) electrons. The molecule has 1 atom stereocenters. The number of ether oxygens (including phenoxy) is 1. The van der Waals surface area contributed by atoms with E-state index >= 15 is 0 Å². The summed E-state index contributed by atoms with van der Waals surface area (Å²) in [7, 11) is 1.30. The Morgan fingerprint density at radius 2 is 1.74 bits per heavy atom. The maximum atomic E-state index is 13.3. The lowest BCUT2D eigenvalue weighted by Crippen LogP contribution is -2.42. The number of hydrogen-bond donors (Lipinski definition) is 1. The van der Waals surface area contributed by atoms with Crippen LogP contribution in [-0.2, 0) is 11.3 Å². The molecule has 9 heteroatoms. The van der Waals surface area contributed by atoms with E-state index in [-0.39, 0.29) is 0 Å². The number of H-pyrrole nitrogens is 1. The Morgan fingerprint density at radius 3 is 2.44 bits per heavy atom. The molecule has 0 aliphatic carbocycles. The second kappa shape index (κ2) is 9.00. The Bertz CT molecular complexity index is 1380. The predicted octanol–water partition coefficient (Wildman–Crippen LogP) is 6.59. The molecule has 0 spiro atoms. The highest BCUT2D eigenvalue weighted by molar-refractivity contribution is 6.31. The van der Waals surface area contributed by atoms with Gasteiger partial charge in [0.25, 0.3) is 4.92 Å². The molecule has 4 aromatic rings. The second-order valence-electron chi connectivity index (χ2n) is 7.91. The Labute approximate surface area is 205 Å². The fourth-order valence-corrected chi connectivity index (χ4v) is 4.65. The van der Waals surface area contributed by atoms with Crippen LogP contribution < -0.4 is 4.74 Å².